The van der Waals surface area contributed by atoms with E-state index in [0.29, 0.717) is 6.42 Å². The standard InChI is InChI=1S/C10H19N3O3S/c1-2-3-4-7(9(15)16)5-6-8(14)12-13-10(11)17/h7H,2-6H2,1H3,(H,12,14)(H,15,16)(H3,11,13,17)/p-1/t7-/m1/s1. The van der Waals surface area contributed by atoms with Crippen LogP contribution in [0.2, 0.25) is 0 Å². The average molecular weight is 260 g/mol. The van der Waals surface area contributed by atoms with E-state index < -0.39 is 11.9 Å². The molecule has 0 aliphatic carbocycles. The number of unbranched alkanes of at least 4 members (excludes halogenated alkanes) is 1. The molecule has 0 aliphatic heterocycles. The fourth-order valence-corrected chi connectivity index (χ4v) is 1.38. The number of aliphatic carboxylic acids is 1. The summed E-state index contributed by atoms with van der Waals surface area (Å²) in [4.78, 5) is 22.0. The number of carbonyl (C=O) groups is 2. The SMILES string of the molecule is CCCC[C@H](CCC(=O)NNC(N)=S)C(=O)[O-]. The number of hydrogen-bond donors (Lipinski definition) is 3. The number of carboxylic acid groups (broad SMARTS) is 1. The molecule has 0 radical (unpaired) electrons. The summed E-state index contributed by atoms with van der Waals surface area (Å²) < 4.78 is 0. The Balaban J connectivity index is 3.90. The number of nitrogens with two attached hydrogens (primary N) is 1. The number of rotatable bonds is 7. The Kier molecular flexibility index (Phi) is 8.04. The van der Waals surface area contributed by atoms with Crippen molar-refractivity contribution < 1.29 is 14.7 Å². The van der Waals surface area contributed by atoms with Crippen molar-refractivity contribution in [1.82, 2.24) is 10.9 Å². The van der Waals surface area contributed by atoms with Crippen molar-refractivity contribution in [2.75, 3.05) is 0 Å². The first kappa shape index (κ1) is 15.6. The van der Waals surface area contributed by atoms with Crippen LogP contribution in [0.25, 0.3) is 0 Å². The lowest BCUT2D eigenvalue weighted by molar-refractivity contribution is -0.312. The van der Waals surface area contributed by atoms with Gasteiger partial charge in [-0.05, 0) is 31.0 Å². The van der Waals surface area contributed by atoms with Gasteiger partial charge in [-0.1, -0.05) is 19.8 Å². The van der Waals surface area contributed by atoms with Gasteiger partial charge in [0.1, 0.15) is 0 Å². The van der Waals surface area contributed by atoms with Crippen molar-refractivity contribution in [1.29, 1.82) is 0 Å². The number of carbonyl (C=O) groups excluding carboxylic acids is 2. The molecule has 7 heteroatoms. The van der Waals surface area contributed by atoms with Gasteiger partial charge in [-0.2, -0.15) is 0 Å². The van der Waals surface area contributed by atoms with Crippen LogP contribution in [0.4, 0.5) is 0 Å². The van der Waals surface area contributed by atoms with Crippen molar-refractivity contribution in [3.05, 3.63) is 0 Å². The Morgan fingerprint density at radius 1 is 1.35 bits per heavy atom. The molecule has 0 aromatic heterocycles. The second-order valence-corrected chi connectivity index (χ2v) is 4.17. The Bertz CT molecular complexity index is 284. The molecule has 1 atom stereocenters. The van der Waals surface area contributed by atoms with Crippen molar-refractivity contribution in [3.8, 4) is 0 Å². The summed E-state index contributed by atoms with van der Waals surface area (Å²) in [5.74, 6) is -2.03. The highest BCUT2D eigenvalue weighted by Crippen LogP contribution is 2.13. The third-order valence-corrected chi connectivity index (χ3v) is 2.39. The summed E-state index contributed by atoms with van der Waals surface area (Å²) in [5, 5.41) is 10.7. The van der Waals surface area contributed by atoms with E-state index in [0.717, 1.165) is 12.8 Å². The Labute approximate surface area is 106 Å². The summed E-state index contributed by atoms with van der Waals surface area (Å²) in [6.45, 7) is 1.98. The van der Waals surface area contributed by atoms with Crippen LogP contribution >= 0.6 is 12.2 Å². The molecule has 1 amide bonds. The molecule has 4 N–H and O–H groups in total. The lowest BCUT2D eigenvalue weighted by Crippen LogP contribution is -2.44. The highest BCUT2D eigenvalue weighted by atomic mass is 32.1. The topological polar surface area (TPSA) is 107 Å². The van der Waals surface area contributed by atoms with Gasteiger partial charge >= 0.3 is 0 Å². The maximum absolute atomic E-state index is 11.2. The summed E-state index contributed by atoms with van der Waals surface area (Å²) in [5.41, 5.74) is 9.66. The quantitative estimate of drug-likeness (QED) is 0.408. The van der Waals surface area contributed by atoms with Gasteiger partial charge in [0, 0.05) is 12.4 Å². The van der Waals surface area contributed by atoms with Gasteiger partial charge in [0.15, 0.2) is 5.11 Å². The molecule has 0 aliphatic rings. The van der Waals surface area contributed by atoms with E-state index in [9.17, 15) is 14.7 Å². The van der Waals surface area contributed by atoms with Crippen LogP contribution in [0.15, 0.2) is 0 Å². The second kappa shape index (κ2) is 8.74. The van der Waals surface area contributed by atoms with Crippen LogP contribution in [-0.4, -0.2) is 17.0 Å². The zero-order chi connectivity index (χ0) is 13.3. The minimum Gasteiger partial charge on any atom is -0.550 e. The van der Waals surface area contributed by atoms with Crippen LogP contribution in [0.1, 0.15) is 39.0 Å². The largest absolute Gasteiger partial charge is 0.550 e. The Morgan fingerprint density at radius 3 is 2.47 bits per heavy atom. The first-order valence-corrected chi connectivity index (χ1v) is 5.93. The highest BCUT2D eigenvalue weighted by molar-refractivity contribution is 7.80. The van der Waals surface area contributed by atoms with Gasteiger partial charge in [0.25, 0.3) is 0 Å². The third-order valence-electron chi connectivity index (χ3n) is 2.28. The molecule has 0 heterocycles. The summed E-state index contributed by atoms with van der Waals surface area (Å²) in [6, 6.07) is 0. The van der Waals surface area contributed by atoms with E-state index in [1.54, 1.807) is 0 Å². The smallest absolute Gasteiger partial charge is 0.238 e. The molecular weight excluding hydrogens is 242 g/mol. The molecule has 0 aromatic rings. The molecule has 0 saturated carbocycles. The van der Waals surface area contributed by atoms with E-state index in [1.807, 2.05) is 6.92 Å². The molecule has 0 saturated heterocycles. The zero-order valence-corrected chi connectivity index (χ0v) is 10.6. The van der Waals surface area contributed by atoms with Crippen molar-refractivity contribution in [3.63, 3.8) is 0 Å². The summed E-state index contributed by atoms with van der Waals surface area (Å²) in [6.07, 6.45) is 2.62. The molecule has 0 fully saturated rings. The maximum Gasteiger partial charge on any atom is 0.238 e. The van der Waals surface area contributed by atoms with Crippen molar-refractivity contribution >= 4 is 29.2 Å². The number of carboxylic acids is 1. The van der Waals surface area contributed by atoms with Crippen LogP contribution in [0.5, 0.6) is 0 Å². The molecule has 98 valence electrons. The summed E-state index contributed by atoms with van der Waals surface area (Å²) in [7, 11) is 0. The van der Waals surface area contributed by atoms with E-state index >= 15 is 0 Å². The van der Waals surface area contributed by atoms with E-state index in [4.69, 9.17) is 5.73 Å². The number of hydrogen-bond acceptors (Lipinski definition) is 4. The zero-order valence-electron chi connectivity index (χ0n) is 9.82. The van der Waals surface area contributed by atoms with Crippen LogP contribution in [0, 0.1) is 5.92 Å². The number of nitrogens with one attached hydrogen (secondary N) is 2. The van der Waals surface area contributed by atoms with Gasteiger partial charge in [0.2, 0.25) is 5.91 Å². The fourth-order valence-electron chi connectivity index (χ4n) is 1.33. The van der Waals surface area contributed by atoms with E-state index in [1.165, 1.54) is 0 Å². The van der Waals surface area contributed by atoms with Gasteiger partial charge in [-0.3, -0.25) is 15.6 Å². The minimum absolute atomic E-state index is 0.0409. The van der Waals surface area contributed by atoms with Crippen molar-refractivity contribution in [2.45, 2.75) is 39.0 Å². The number of thiocarbonyl (C=S) groups is 1. The Morgan fingerprint density at radius 2 is 2.00 bits per heavy atom. The molecule has 0 unspecified atom stereocenters. The van der Waals surface area contributed by atoms with Crippen molar-refractivity contribution in [2.24, 2.45) is 11.7 Å². The van der Waals surface area contributed by atoms with Gasteiger partial charge in [-0.25, -0.2) is 0 Å². The lowest BCUT2D eigenvalue weighted by Gasteiger charge is -2.17. The monoisotopic (exact) mass is 260 g/mol. The first-order chi connectivity index (χ1) is 7.97. The van der Waals surface area contributed by atoms with Crippen LogP contribution < -0.4 is 21.7 Å². The maximum atomic E-state index is 11.2. The summed E-state index contributed by atoms with van der Waals surface area (Å²) >= 11 is 4.50. The van der Waals surface area contributed by atoms with E-state index in [-0.39, 0.29) is 23.9 Å². The number of amides is 1. The predicted octanol–water partition coefficient (Wildman–Crippen LogP) is -0.813. The molecule has 17 heavy (non-hydrogen) atoms. The lowest BCUT2D eigenvalue weighted by atomic mass is 9.97. The third kappa shape index (κ3) is 8.44. The minimum atomic E-state index is -1.10. The normalized spacial score (nSPS) is 11.6. The Hall–Kier alpha value is -1.37. The molecular formula is C10H18N3O3S-. The molecule has 0 bridgehead atoms. The molecule has 6 nitrogen and oxygen atoms in total. The highest BCUT2D eigenvalue weighted by Gasteiger charge is 2.12. The van der Waals surface area contributed by atoms with Gasteiger partial charge < -0.3 is 15.6 Å². The second-order valence-electron chi connectivity index (χ2n) is 3.73. The molecule has 0 aromatic carbocycles. The fraction of sp³-hybridized carbons (Fsp3) is 0.700. The van der Waals surface area contributed by atoms with Gasteiger partial charge in [0.05, 0.1) is 0 Å². The average Bonchev–Trinajstić information content (AvgIpc) is 2.25. The molecule has 0 spiro atoms. The predicted molar refractivity (Wildman–Crippen MR) is 65.3 cm³/mol. The van der Waals surface area contributed by atoms with Gasteiger partial charge in [-0.15, -0.1) is 0 Å². The van der Waals surface area contributed by atoms with Crippen LogP contribution in [-0.2, 0) is 9.59 Å². The van der Waals surface area contributed by atoms with Crippen LogP contribution in [0.3, 0.4) is 0 Å². The molecule has 0 rings (SSSR count). The van der Waals surface area contributed by atoms with E-state index in [2.05, 4.69) is 23.1 Å². The first-order valence-electron chi connectivity index (χ1n) is 5.52. The number of hydrazine groups is 1.